The quantitative estimate of drug-likeness (QED) is 0.655. The first-order valence-electron chi connectivity index (χ1n) is 6.98. The third-order valence-corrected chi connectivity index (χ3v) is 3.05. The monoisotopic (exact) mass is 228 g/mol. The van der Waals surface area contributed by atoms with E-state index in [1.807, 2.05) is 13.8 Å². The summed E-state index contributed by atoms with van der Waals surface area (Å²) in [6.07, 6.45) is 7.79. The number of hydrogen-bond donors (Lipinski definition) is 0. The van der Waals surface area contributed by atoms with E-state index in [-0.39, 0.29) is 18.0 Å². The smallest absolute Gasteiger partial charge is 0.309 e. The van der Waals surface area contributed by atoms with Crippen LogP contribution in [0, 0.1) is 5.92 Å². The minimum Gasteiger partial charge on any atom is -0.462 e. The van der Waals surface area contributed by atoms with Crippen molar-refractivity contribution in [1.82, 2.24) is 0 Å². The average molecular weight is 228 g/mol. The Bertz CT molecular complexity index is 172. The largest absolute Gasteiger partial charge is 0.462 e. The fraction of sp³-hybridized carbons (Fsp3) is 0.929. The van der Waals surface area contributed by atoms with Gasteiger partial charge in [0.15, 0.2) is 0 Å². The van der Waals surface area contributed by atoms with Crippen molar-refractivity contribution in [2.45, 2.75) is 78.7 Å². The van der Waals surface area contributed by atoms with Crippen molar-refractivity contribution >= 4 is 5.97 Å². The van der Waals surface area contributed by atoms with Crippen LogP contribution in [0.15, 0.2) is 0 Å². The zero-order valence-corrected chi connectivity index (χ0v) is 11.4. The minimum atomic E-state index is 0.0428. The molecule has 0 bridgehead atoms. The van der Waals surface area contributed by atoms with Crippen LogP contribution in [0.25, 0.3) is 0 Å². The standard InChI is InChI=1S/C12H22O2.C2H6/c1-3-7-10(4-2)12(13)14-11-8-5-6-9-11;1-2/h10-11H,3-9H2,1-2H3;1-2H3. The molecule has 0 aromatic heterocycles. The molecule has 2 nitrogen and oxygen atoms in total. The van der Waals surface area contributed by atoms with Gasteiger partial charge in [0.25, 0.3) is 0 Å². The van der Waals surface area contributed by atoms with Gasteiger partial charge in [0.1, 0.15) is 6.10 Å². The normalized spacial score (nSPS) is 17.5. The summed E-state index contributed by atoms with van der Waals surface area (Å²) in [5.41, 5.74) is 0. The van der Waals surface area contributed by atoms with Crippen molar-refractivity contribution in [2.75, 3.05) is 0 Å². The molecule has 0 heterocycles. The Morgan fingerprint density at radius 3 is 2.25 bits per heavy atom. The number of carbonyl (C=O) groups excluding carboxylic acids is 1. The predicted octanol–water partition coefficient (Wildman–Crippen LogP) is 4.32. The second-order valence-corrected chi connectivity index (χ2v) is 4.24. The van der Waals surface area contributed by atoms with Crippen LogP contribution in [0.1, 0.15) is 72.6 Å². The van der Waals surface area contributed by atoms with Crippen LogP contribution in [-0.2, 0) is 9.53 Å². The summed E-state index contributed by atoms with van der Waals surface area (Å²) < 4.78 is 5.48. The van der Waals surface area contributed by atoms with Crippen molar-refractivity contribution in [2.24, 2.45) is 5.92 Å². The van der Waals surface area contributed by atoms with Gasteiger partial charge in [-0.2, -0.15) is 0 Å². The van der Waals surface area contributed by atoms with E-state index in [2.05, 4.69) is 13.8 Å². The first-order valence-corrected chi connectivity index (χ1v) is 6.98. The molecule has 1 aliphatic carbocycles. The van der Waals surface area contributed by atoms with E-state index >= 15 is 0 Å². The van der Waals surface area contributed by atoms with Crippen molar-refractivity contribution in [1.29, 1.82) is 0 Å². The van der Waals surface area contributed by atoms with Crippen molar-refractivity contribution < 1.29 is 9.53 Å². The zero-order chi connectivity index (χ0) is 12.4. The highest BCUT2D eigenvalue weighted by Gasteiger charge is 2.23. The lowest BCUT2D eigenvalue weighted by atomic mass is 10.0. The maximum absolute atomic E-state index is 11.7. The lowest BCUT2D eigenvalue weighted by molar-refractivity contribution is -0.154. The summed E-state index contributed by atoms with van der Waals surface area (Å²) in [7, 11) is 0. The van der Waals surface area contributed by atoms with Gasteiger partial charge >= 0.3 is 5.97 Å². The van der Waals surface area contributed by atoms with Crippen LogP contribution in [-0.4, -0.2) is 12.1 Å². The number of carbonyl (C=O) groups is 1. The molecule has 0 saturated heterocycles. The number of ether oxygens (including phenoxy) is 1. The second kappa shape index (κ2) is 9.68. The molecule has 0 aromatic carbocycles. The van der Waals surface area contributed by atoms with E-state index in [9.17, 15) is 4.79 Å². The van der Waals surface area contributed by atoms with Crippen LogP contribution in [0.2, 0.25) is 0 Å². The molecule has 0 N–H and O–H groups in total. The van der Waals surface area contributed by atoms with Gasteiger partial charge < -0.3 is 4.74 Å². The summed E-state index contributed by atoms with van der Waals surface area (Å²) in [6, 6.07) is 0. The molecule has 1 aliphatic rings. The fourth-order valence-electron chi connectivity index (χ4n) is 2.10. The topological polar surface area (TPSA) is 26.3 Å². The summed E-state index contributed by atoms with van der Waals surface area (Å²) in [4.78, 5) is 11.7. The highest BCUT2D eigenvalue weighted by molar-refractivity contribution is 5.72. The molecule has 0 radical (unpaired) electrons. The molecule has 1 atom stereocenters. The minimum absolute atomic E-state index is 0.0428. The average Bonchev–Trinajstić information content (AvgIpc) is 2.81. The highest BCUT2D eigenvalue weighted by Crippen LogP contribution is 2.23. The molecule has 96 valence electrons. The molecule has 2 heteroatoms. The van der Waals surface area contributed by atoms with Gasteiger partial charge in [-0.15, -0.1) is 0 Å². The summed E-state index contributed by atoms with van der Waals surface area (Å²) >= 11 is 0. The molecule has 1 rings (SSSR count). The van der Waals surface area contributed by atoms with Crippen LogP contribution in [0.5, 0.6) is 0 Å². The van der Waals surface area contributed by atoms with Gasteiger partial charge in [-0.3, -0.25) is 4.79 Å². The van der Waals surface area contributed by atoms with Gasteiger partial charge in [0, 0.05) is 0 Å². The predicted molar refractivity (Wildman–Crippen MR) is 68.4 cm³/mol. The maximum atomic E-state index is 11.7. The van der Waals surface area contributed by atoms with Gasteiger partial charge in [-0.05, 0) is 38.5 Å². The maximum Gasteiger partial charge on any atom is 0.309 e. The third-order valence-electron chi connectivity index (χ3n) is 3.05. The van der Waals surface area contributed by atoms with E-state index in [0.29, 0.717) is 0 Å². The van der Waals surface area contributed by atoms with Gasteiger partial charge in [0.05, 0.1) is 5.92 Å². The Morgan fingerprint density at radius 2 is 1.81 bits per heavy atom. The molecular weight excluding hydrogens is 200 g/mol. The molecule has 0 amide bonds. The van der Waals surface area contributed by atoms with Crippen LogP contribution >= 0.6 is 0 Å². The van der Waals surface area contributed by atoms with Crippen LogP contribution in [0.4, 0.5) is 0 Å². The van der Waals surface area contributed by atoms with Crippen molar-refractivity contribution in [3.05, 3.63) is 0 Å². The Balaban J connectivity index is 0.00000106. The molecule has 1 saturated carbocycles. The summed E-state index contributed by atoms with van der Waals surface area (Å²) in [5.74, 6) is 0.182. The van der Waals surface area contributed by atoms with E-state index in [0.717, 1.165) is 32.1 Å². The van der Waals surface area contributed by atoms with Gasteiger partial charge in [0.2, 0.25) is 0 Å². The summed E-state index contributed by atoms with van der Waals surface area (Å²) in [6.45, 7) is 8.18. The molecule has 0 spiro atoms. The van der Waals surface area contributed by atoms with E-state index in [4.69, 9.17) is 4.74 Å². The first-order chi connectivity index (χ1) is 7.77. The van der Waals surface area contributed by atoms with E-state index in [1.165, 1.54) is 12.8 Å². The Labute approximate surface area is 101 Å². The molecule has 1 fully saturated rings. The van der Waals surface area contributed by atoms with E-state index in [1.54, 1.807) is 0 Å². The molecule has 16 heavy (non-hydrogen) atoms. The number of rotatable bonds is 5. The van der Waals surface area contributed by atoms with E-state index < -0.39 is 0 Å². The number of esters is 1. The molecule has 0 aromatic rings. The second-order valence-electron chi connectivity index (χ2n) is 4.24. The fourth-order valence-corrected chi connectivity index (χ4v) is 2.10. The lowest BCUT2D eigenvalue weighted by Crippen LogP contribution is -2.22. The Morgan fingerprint density at radius 1 is 1.25 bits per heavy atom. The number of hydrogen-bond acceptors (Lipinski definition) is 2. The van der Waals surface area contributed by atoms with Gasteiger partial charge in [-0.25, -0.2) is 0 Å². The Kier molecular flexibility index (Phi) is 9.36. The zero-order valence-electron chi connectivity index (χ0n) is 11.4. The Hall–Kier alpha value is -0.530. The summed E-state index contributed by atoms with van der Waals surface area (Å²) in [5, 5.41) is 0. The van der Waals surface area contributed by atoms with Crippen molar-refractivity contribution in [3.63, 3.8) is 0 Å². The third kappa shape index (κ3) is 5.53. The van der Waals surface area contributed by atoms with Gasteiger partial charge in [-0.1, -0.05) is 34.1 Å². The van der Waals surface area contributed by atoms with Crippen molar-refractivity contribution in [3.8, 4) is 0 Å². The highest BCUT2D eigenvalue weighted by atomic mass is 16.5. The molecule has 0 aliphatic heterocycles. The van der Waals surface area contributed by atoms with Crippen LogP contribution in [0.3, 0.4) is 0 Å². The SMILES string of the molecule is CC.CCCC(CC)C(=O)OC1CCCC1. The molecular formula is C14H28O2. The first kappa shape index (κ1) is 15.5. The van der Waals surface area contributed by atoms with Crippen LogP contribution < -0.4 is 0 Å². The molecule has 1 unspecified atom stereocenters. The lowest BCUT2D eigenvalue weighted by Gasteiger charge is -2.17.